The van der Waals surface area contributed by atoms with E-state index in [0.717, 1.165) is 28.5 Å². The van der Waals surface area contributed by atoms with E-state index < -0.39 is 0 Å². The number of nitrogens with zero attached hydrogens (tertiary/aromatic N) is 3. The second kappa shape index (κ2) is 9.82. The van der Waals surface area contributed by atoms with Crippen LogP contribution in [0, 0.1) is 0 Å². The predicted molar refractivity (Wildman–Crippen MR) is 123 cm³/mol. The second-order valence-electron chi connectivity index (χ2n) is 6.59. The SMILES string of the molecule is COc1ccc(-n2cnnc2SCC(=O)Nc2ccc(Nc3ccccc3)cc2)cc1. The van der Waals surface area contributed by atoms with Crippen LogP contribution in [-0.2, 0) is 4.79 Å². The summed E-state index contributed by atoms with van der Waals surface area (Å²) in [4.78, 5) is 12.4. The third kappa shape index (κ3) is 5.43. The molecule has 0 saturated heterocycles. The zero-order chi connectivity index (χ0) is 21.5. The third-order valence-corrected chi connectivity index (χ3v) is 5.37. The van der Waals surface area contributed by atoms with Gasteiger partial charge in [-0.05, 0) is 60.7 Å². The number of methoxy groups -OCH3 is 1. The topological polar surface area (TPSA) is 81.1 Å². The number of nitrogens with one attached hydrogen (secondary N) is 2. The van der Waals surface area contributed by atoms with Gasteiger partial charge in [-0.3, -0.25) is 9.36 Å². The van der Waals surface area contributed by atoms with Crippen molar-refractivity contribution in [1.82, 2.24) is 14.8 Å². The highest BCUT2D eigenvalue weighted by Crippen LogP contribution is 2.22. The van der Waals surface area contributed by atoms with Gasteiger partial charge in [0.05, 0.1) is 12.9 Å². The highest BCUT2D eigenvalue weighted by atomic mass is 32.2. The number of anilines is 3. The summed E-state index contributed by atoms with van der Waals surface area (Å²) in [6, 6.07) is 25.1. The maximum atomic E-state index is 12.4. The molecule has 3 aromatic carbocycles. The normalized spacial score (nSPS) is 10.5. The molecule has 0 atom stereocenters. The van der Waals surface area contributed by atoms with Crippen LogP contribution in [0.4, 0.5) is 17.1 Å². The van der Waals surface area contributed by atoms with Gasteiger partial charge in [-0.1, -0.05) is 30.0 Å². The van der Waals surface area contributed by atoms with Gasteiger partial charge in [0.15, 0.2) is 5.16 Å². The van der Waals surface area contributed by atoms with Crippen molar-refractivity contribution < 1.29 is 9.53 Å². The Morgan fingerprint density at radius 1 is 0.935 bits per heavy atom. The van der Waals surface area contributed by atoms with Crippen molar-refractivity contribution in [3.63, 3.8) is 0 Å². The van der Waals surface area contributed by atoms with Gasteiger partial charge in [0.2, 0.25) is 5.91 Å². The maximum Gasteiger partial charge on any atom is 0.234 e. The lowest BCUT2D eigenvalue weighted by molar-refractivity contribution is -0.113. The minimum atomic E-state index is -0.113. The largest absolute Gasteiger partial charge is 0.497 e. The van der Waals surface area contributed by atoms with Gasteiger partial charge in [0.25, 0.3) is 0 Å². The molecule has 7 nitrogen and oxygen atoms in total. The van der Waals surface area contributed by atoms with E-state index in [1.807, 2.05) is 83.4 Å². The average molecular weight is 432 g/mol. The molecular formula is C23H21N5O2S. The molecule has 0 aliphatic rings. The number of thioether (sulfide) groups is 1. The minimum absolute atomic E-state index is 0.113. The first-order chi connectivity index (χ1) is 15.2. The number of hydrogen-bond acceptors (Lipinski definition) is 6. The summed E-state index contributed by atoms with van der Waals surface area (Å²) in [6.45, 7) is 0. The monoisotopic (exact) mass is 431 g/mol. The van der Waals surface area contributed by atoms with Crippen molar-refractivity contribution in [3.05, 3.63) is 85.2 Å². The summed E-state index contributed by atoms with van der Waals surface area (Å²) in [5.74, 6) is 0.882. The molecule has 0 radical (unpaired) electrons. The number of carbonyl (C=O) groups is 1. The van der Waals surface area contributed by atoms with E-state index in [9.17, 15) is 4.79 Å². The lowest BCUT2D eigenvalue weighted by Gasteiger charge is -2.09. The van der Waals surface area contributed by atoms with Crippen molar-refractivity contribution in [2.24, 2.45) is 0 Å². The molecule has 31 heavy (non-hydrogen) atoms. The Morgan fingerprint density at radius 2 is 1.61 bits per heavy atom. The van der Waals surface area contributed by atoms with Crippen molar-refractivity contribution in [1.29, 1.82) is 0 Å². The molecule has 0 aliphatic carbocycles. The van der Waals surface area contributed by atoms with Gasteiger partial charge in [-0.15, -0.1) is 10.2 Å². The van der Waals surface area contributed by atoms with E-state index in [1.165, 1.54) is 11.8 Å². The Kier molecular flexibility index (Phi) is 6.49. The molecule has 8 heteroatoms. The Hall–Kier alpha value is -3.78. The summed E-state index contributed by atoms with van der Waals surface area (Å²) in [6.07, 6.45) is 1.63. The van der Waals surface area contributed by atoms with Crippen LogP contribution in [0.2, 0.25) is 0 Å². The second-order valence-corrected chi connectivity index (χ2v) is 7.53. The molecule has 156 valence electrons. The van der Waals surface area contributed by atoms with Crippen LogP contribution in [0.1, 0.15) is 0 Å². The molecule has 2 N–H and O–H groups in total. The van der Waals surface area contributed by atoms with Gasteiger partial charge < -0.3 is 15.4 Å². The van der Waals surface area contributed by atoms with Crippen molar-refractivity contribution in [2.75, 3.05) is 23.5 Å². The number of rotatable bonds is 8. The standard InChI is InChI=1S/C23H21N5O2S/c1-30-21-13-11-20(12-14-21)28-16-24-27-23(28)31-15-22(29)26-19-9-7-18(8-10-19)25-17-5-3-2-4-6-17/h2-14,16,25H,15H2,1H3,(H,26,29). The summed E-state index contributed by atoms with van der Waals surface area (Å²) in [5, 5.41) is 15.0. The third-order valence-electron chi connectivity index (χ3n) is 4.43. The summed E-state index contributed by atoms with van der Waals surface area (Å²) in [5.41, 5.74) is 3.60. The Bertz CT molecular complexity index is 1130. The van der Waals surface area contributed by atoms with Crippen LogP contribution in [0.3, 0.4) is 0 Å². The van der Waals surface area contributed by atoms with E-state index in [1.54, 1.807) is 13.4 Å². The number of amides is 1. The van der Waals surface area contributed by atoms with Crippen LogP contribution >= 0.6 is 11.8 Å². The molecular weight excluding hydrogens is 410 g/mol. The van der Waals surface area contributed by atoms with Crippen LogP contribution in [0.25, 0.3) is 5.69 Å². The molecule has 0 bridgehead atoms. The zero-order valence-electron chi connectivity index (χ0n) is 16.9. The molecule has 1 heterocycles. The fraction of sp³-hybridized carbons (Fsp3) is 0.0870. The average Bonchev–Trinajstić information content (AvgIpc) is 3.28. The Balaban J connectivity index is 1.32. The van der Waals surface area contributed by atoms with E-state index in [2.05, 4.69) is 20.8 Å². The zero-order valence-corrected chi connectivity index (χ0v) is 17.7. The molecule has 4 aromatic rings. The molecule has 0 saturated carbocycles. The van der Waals surface area contributed by atoms with Crippen molar-refractivity contribution >= 4 is 34.7 Å². The molecule has 0 spiro atoms. The first-order valence-corrected chi connectivity index (χ1v) is 10.6. The van der Waals surface area contributed by atoms with E-state index in [0.29, 0.717) is 5.16 Å². The van der Waals surface area contributed by atoms with Crippen LogP contribution in [0.15, 0.2) is 90.3 Å². The molecule has 0 aliphatic heterocycles. The van der Waals surface area contributed by atoms with Gasteiger partial charge >= 0.3 is 0 Å². The number of hydrogen-bond donors (Lipinski definition) is 2. The Labute approximate surface area is 184 Å². The number of carbonyl (C=O) groups excluding carboxylic acids is 1. The first-order valence-electron chi connectivity index (χ1n) is 9.60. The summed E-state index contributed by atoms with van der Waals surface area (Å²) < 4.78 is 7.02. The number of para-hydroxylation sites is 1. The highest BCUT2D eigenvalue weighted by Gasteiger charge is 2.11. The van der Waals surface area contributed by atoms with Crippen LogP contribution in [0.5, 0.6) is 5.75 Å². The summed E-state index contributed by atoms with van der Waals surface area (Å²) >= 11 is 1.32. The van der Waals surface area contributed by atoms with Gasteiger partial charge in [0, 0.05) is 22.7 Å². The summed E-state index contributed by atoms with van der Waals surface area (Å²) in [7, 11) is 1.63. The van der Waals surface area contributed by atoms with Crippen LogP contribution < -0.4 is 15.4 Å². The quantitative estimate of drug-likeness (QED) is 0.392. The lowest BCUT2D eigenvalue weighted by Crippen LogP contribution is -2.14. The van der Waals surface area contributed by atoms with Crippen molar-refractivity contribution in [3.8, 4) is 11.4 Å². The smallest absolute Gasteiger partial charge is 0.234 e. The van der Waals surface area contributed by atoms with E-state index in [-0.39, 0.29) is 11.7 Å². The molecule has 4 rings (SSSR count). The molecule has 1 aromatic heterocycles. The van der Waals surface area contributed by atoms with Gasteiger partial charge in [-0.25, -0.2) is 0 Å². The molecule has 0 unspecified atom stereocenters. The lowest BCUT2D eigenvalue weighted by atomic mass is 10.2. The number of benzene rings is 3. The molecule has 1 amide bonds. The first kappa shape index (κ1) is 20.5. The van der Waals surface area contributed by atoms with Gasteiger partial charge in [-0.2, -0.15) is 0 Å². The fourth-order valence-corrected chi connectivity index (χ4v) is 3.62. The number of aromatic nitrogens is 3. The molecule has 0 fully saturated rings. The minimum Gasteiger partial charge on any atom is -0.497 e. The highest BCUT2D eigenvalue weighted by molar-refractivity contribution is 7.99. The van der Waals surface area contributed by atoms with Gasteiger partial charge in [0.1, 0.15) is 12.1 Å². The predicted octanol–water partition coefficient (Wildman–Crippen LogP) is 4.75. The van der Waals surface area contributed by atoms with E-state index >= 15 is 0 Å². The number of ether oxygens (including phenoxy) is 1. The van der Waals surface area contributed by atoms with Crippen LogP contribution in [-0.4, -0.2) is 33.5 Å². The van der Waals surface area contributed by atoms with E-state index in [4.69, 9.17) is 4.74 Å². The maximum absolute atomic E-state index is 12.4. The fourth-order valence-electron chi connectivity index (χ4n) is 2.89. The van der Waals surface area contributed by atoms with Crippen molar-refractivity contribution in [2.45, 2.75) is 5.16 Å². The Morgan fingerprint density at radius 3 is 2.32 bits per heavy atom.